The van der Waals surface area contributed by atoms with Crippen LogP contribution in [0.3, 0.4) is 0 Å². The molecule has 18 heavy (non-hydrogen) atoms. The molecule has 106 valence electrons. The second kappa shape index (κ2) is 7.46. The lowest BCUT2D eigenvalue weighted by atomic mass is 9.99. The van der Waals surface area contributed by atoms with Crippen LogP contribution in [0.4, 0.5) is 0 Å². The van der Waals surface area contributed by atoms with Gasteiger partial charge in [0.15, 0.2) is 0 Å². The summed E-state index contributed by atoms with van der Waals surface area (Å²) in [6.07, 6.45) is 6.71. The van der Waals surface area contributed by atoms with E-state index in [9.17, 15) is 0 Å². The van der Waals surface area contributed by atoms with Crippen molar-refractivity contribution in [1.29, 1.82) is 0 Å². The molecule has 2 rings (SSSR count). The average molecular weight is 253 g/mol. The second-order valence-electron chi connectivity index (χ2n) is 5.99. The maximum absolute atomic E-state index is 3.91. The van der Waals surface area contributed by atoms with E-state index in [1.165, 1.54) is 71.4 Å². The van der Waals surface area contributed by atoms with Crippen molar-refractivity contribution in [2.75, 3.05) is 39.3 Å². The highest BCUT2D eigenvalue weighted by molar-refractivity contribution is 4.83. The SMILES string of the molecule is CCCN1CCC(NC2CCN(CC)CC2)CC1. The van der Waals surface area contributed by atoms with Gasteiger partial charge >= 0.3 is 0 Å². The van der Waals surface area contributed by atoms with E-state index in [2.05, 4.69) is 29.0 Å². The highest BCUT2D eigenvalue weighted by Crippen LogP contribution is 2.15. The average Bonchev–Trinajstić information content (AvgIpc) is 2.42. The van der Waals surface area contributed by atoms with E-state index in [4.69, 9.17) is 0 Å². The van der Waals surface area contributed by atoms with Gasteiger partial charge in [-0.25, -0.2) is 0 Å². The van der Waals surface area contributed by atoms with Gasteiger partial charge in [0.25, 0.3) is 0 Å². The van der Waals surface area contributed by atoms with Gasteiger partial charge in [0, 0.05) is 12.1 Å². The first-order chi connectivity index (χ1) is 8.81. The van der Waals surface area contributed by atoms with E-state index in [-0.39, 0.29) is 0 Å². The van der Waals surface area contributed by atoms with Gasteiger partial charge in [-0.05, 0) is 71.4 Å². The number of likely N-dealkylation sites (tertiary alicyclic amines) is 2. The highest BCUT2D eigenvalue weighted by Gasteiger charge is 2.23. The number of nitrogens with one attached hydrogen (secondary N) is 1. The fourth-order valence-electron chi connectivity index (χ4n) is 3.39. The summed E-state index contributed by atoms with van der Waals surface area (Å²) in [6, 6.07) is 1.58. The summed E-state index contributed by atoms with van der Waals surface area (Å²) in [5.74, 6) is 0. The lowest BCUT2D eigenvalue weighted by Gasteiger charge is -2.37. The van der Waals surface area contributed by atoms with Crippen molar-refractivity contribution < 1.29 is 0 Å². The first kappa shape index (κ1) is 14.3. The molecule has 0 atom stereocenters. The third-order valence-corrected chi connectivity index (χ3v) is 4.63. The number of piperidine rings is 2. The molecule has 0 aromatic heterocycles. The van der Waals surface area contributed by atoms with Crippen LogP contribution in [-0.2, 0) is 0 Å². The Morgan fingerprint density at radius 1 is 0.833 bits per heavy atom. The molecule has 0 bridgehead atoms. The quantitative estimate of drug-likeness (QED) is 0.808. The summed E-state index contributed by atoms with van der Waals surface area (Å²) >= 11 is 0. The smallest absolute Gasteiger partial charge is 0.00940 e. The Morgan fingerprint density at radius 3 is 1.78 bits per heavy atom. The molecule has 2 saturated heterocycles. The molecule has 0 aliphatic carbocycles. The second-order valence-corrected chi connectivity index (χ2v) is 5.99. The van der Waals surface area contributed by atoms with E-state index in [0.717, 1.165) is 12.1 Å². The summed E-state index contributed by atoms with van der Waals surface area (Å²) in [4.78, 5) is 5.19. The largest absolute Gasteiger partial charge is 0.311 e. The Hall–Kier alpha value is -0.120. The number of rotatable bonds is 5. The summed E-state index contributed by atoms with van der Waals surface area (Å²) < 4.78 is 0. The van der Waals surface area contributed by atoms with E-state index in [0.29, 0.717) is 0 Å². The summed E-state index contributed by atoms with van der Waals surface area (Å²) in [5, 5.41) is 3.91. The third-order valence-electron chi connectivity index (χ3n) is 4.63. The minimum absolute atomic E-state index is 0.788. The minimum atomic E-state index is 0.788. The van der Waals surface area contributed by atoms with E-state index < -0.39 is 0 Å². The maximum Gasteiger partial charge on any atom is 0.00940 e. The molecule has 2 aliphatic rings. The van der Waals surface area contributed by atoms with E-state index >= 15 is 0 Å². The Labute approximate surface area is 113 Å². The van der Waals surface area contributed by atoms with Crippen LogP contribution in [0.15, 0.2) is 0 Å². The molecular weight excluding hydrogens is 222 g/mol. The number of nitrogens with zero attached hydrogens (tertiary/aromatic N) is 2. The fourth-order valence-corrected chi connectivity index (χ4v) is 3.39. The molecule has 0 saturated carbocycles. The predicted octanol–water partition coefficient (Wildman–Crippen LogP) is 1.93. The zero-order chi connectivity index (χ0) is 12.8. The monoisotopic (exact) mass is 253 g/mol. The van der Waals surface area contributed by atoms with Crippen LogP contribution in [0.25, 0.3) is 0 Å². The molecule has 0 amide bonds. The molecule has 0 spiro atoms. The van der Waals surface area contributed by atoms with Crippen molar-refractivity contribution in [3.05, 3.63) is 0 Å². The number of hydrogen-bond donors (Lipinski definition) is 1. The molecule has 2 fully saturated rings. The standard InChI is InChI=1S/C15H31N3/c1-3-9-18-12-7-15(8-13-18)16-14-5-10-17(4-2)11-6-14/h14-16H,3-13H2,1-2H3. The van der Waals surface area contributed by atoms with Crippen LogP contribution in [0.5, 0.6) is 0 Å². The van der Waals surface area contributed by atoms with E-state index in [1.54, 1.807) is 0 Å². The summed E-state index contributed by atoms with van der Waals surface area (Å²) in [5.41, 5.74) is 0. The topological polar surface area (TPSA) is 18.5 Å². The molecular formula is C15H31N3. The van der Waals surface area contributed by atoms with Crippen molar-refractivity contribution in [1.82, 2.24) is 15.1 Å². The van der Waals surface area contributed by atoms with Crippen LogP contribution >= 0.6 is 0 Å². The highest BCUT2D eigenvalue weighted by atomic mass is 15.2. The fraction of sp³-hybridized carbons (Fsp3) is 1.00. The Morgan fingerprint density at radius 2 is 1.33 bits per heavy atom. The Kier molecular flexibility index (Phi) is 5.93. The normalized spacial score (nSPS) is 25.7. The van der Waals surface area contributed by atoms with Crippen molar-refractivity contribution in [3.63, 3.8) is 0 Å². The minimum Gasteiger partial charge on any atom is -0.311 e. The molecule has 0 aromatic carbocycles. The maximum atomic E-state index is 3.91. The van der Waals surface area contributed by atoms with Crippen LogP contribution in [0, 0.1) is 0 Å². The molecule has 0 radical (unpaired) electrons. The molecule has 1 N–H and O–H groups in total. The zero-order valence-electron chi connectivity index (χ0n) is 12.3. The lowest BCUT2D eigenvalue weighted by molar-refractivity contribution is 0.162. The zero-order valence-corrected chi connectivity index (χ0v) is 12.3. The van der Waals surface area contributed by atoms with Gasteiger partial charge in [-0.3, -0.25) is 0 Å². The van der Waals surface area contributed by atoms with Crippen LogP contribution < -0.4 is 5.32 Å². The molecule has 0 unspecified atom stereocenters. The van der Waals surface area contributed by atoms with Crippen molar-refractivity contribution in [2.45, 2.75) is 58.0 Å². The molecule has 3 heteroatoms. The van der Waals surface area contributed by atoms with E-state index in [1.807, 2.05) is 0 Å². The van der Waals surface area contributed by atoms with Gasteiger partial charge in [0.05, 0.1) is 0 Å². The first-order valence-corrected chi connectivity index (χ1v) is 8.02. The lowest BCUT2D eigenvalue weighted by Crippen LogP contribution is -2.49. The van der Waals surface area contributed by atoms with Crippen molar-refractivity contribution in [3.8, 4) is 0 Å². The van der Waals surface area contributed by atoms with Crippen LogP contribution in [0.2, 0.25) is 0 Å². The molecule has 3 nitrogen and oxygen atoms in total. The van der Waals surface area contributed by atoms with Gasteiger partial charge in [-0.2, -0.15) is 0 Å². The van der Waals surface area contributed by atoms with Crippen molar-refractivity contribution >= 4 is 0 Å². The molecule has 0 aromatic rings. The summed E-state index contributed by atoms with van der Waals surface area (Å²) in [6.45, 7) is 12.3. The third kappa shape index (κ3) is 4.22. The van der Waals surface area contributed by atoms with Gasteiger partial charge < -0.3 is 15.1 Å². The summed E-state index contributed by atoms with van der Waals surface area (Å²) in [7, 11) is 0. The Balaban J connectivity index is 1.63. The number of hydrogen-bond acceptors (Lipinski definition) is 3. The van der Waals surface area contributed by atoms with Crippen LogP contribution in [-0.4, -0.2) is 61.2 Å². The van der Waals surface area contributed by atoms with Gasteiger partial charge in [-0.1, -0.05) is 13.8 Å². The van der Waals surface area contributed by atoms with Gasteiger partial charge in [0.2, 0.25) is 0 Å². The van der Waals surface area contributed by atoms with Crippen LogP contribution in [0.1, 0.15) is 46.0 Å². The molecule has 2 aliphatic heterocycles. The van der Waals surface area contributed by atoms with Gasteiger partial charge in [-0.15, -0.1) is 0 Å². The predicted molar refractivity (Wildman–Crippen MR) is 78.0 cm³/mol. The first-order valence-electron chi connectivity index (χ1n) is 8.02. The Bertz CT molecular complexity index is 216. The van der Waals surface area contributed by atoms with Gasteiger partial charge in [0.1, 0.15) is 0 Å². The molecule has 2 heterocycles. The van der Waals surface area contributed by atoms with Crippen molar-refractivity contribution in [2.24, 2.45) is 0 Å².